The van der Waals surface area contributed by atoms with E-state index in [1.165, 1.54) is 50.5 Å². The first kappa shape index (κ1) is 25.0. The third-order valence-electron chi connectivity index (χ3n) is 4.80. The summed E-state index contributed by atoms with van der Waals surface area (Å²) in [7, 11) is 2.75. The predicted molar refractivity (Wildman–Crippen MR) is 112 cm³/mol. The molecule has 0 fully saturated rings. The number of Topliss-reactive ketones (excluding diaryl/α,β-unsaturated/α-hetero) is 1. The maximum atomic E-state index is 12.8. The lowest BCUT2D eigenvalue weighted by molar-refractivity contribution is -0.137. The molecule has 2 aromatic carbocycles. The summed E-state index contributed by atoms with van der Waals surface area (Å²) in [5.74, 6) is -0.291. The summed E-state index contributed by atoms with van der Waals surface area (Å²) in [4.78, 5) is 14.4. The van der Waals surface area contributed by atoms with E-state index in [1.807, 2.05) is 4.90 Å². The van der Waals surface area contributed by atoms with Gasteiger partial charge in [0.15, 0.2) is 5.78 Å². The van der Waals surface area contributed by atoms with Crippen LogP contribution in [0.15, 0.2) is 53.4 Å². The Morgan fingerprint density at radius 2 is 1.65 bits per heavy atom. The summed E-state index contributed by atoms with van der Waals surface area (Å²) in [6.07, 6.45) is -4.40. The highest BCUT2D eigenvalue weighted by Crippen LogP contribution is 2.30. The number of nitrogens with zero attached hydrogens (tertiary/aromatic N) is 2. The van der Waals surface area contributed by atoms with Gasteiger partial charge < -0.3 is 10.2 Å². The van der Waals surface area contributed by atoms with E-state index in [9.17, 15) is 26.4 Å². The van der Waals surface area contributed by atoms with Crippen LogP contribution in [-0.4, -0.2) is 64.7 Å². The Hall–Kier alpha value is -2.27. The van der Waals surface area contributed by atoms with Crippen molar-refractivity contribution in [2.75, 3.05) is 41.3 Å². The van der Waals surface area contributed by atoms with Crippen LogP contribution < -0.4 is 5.32 Å². The zero-order valence-corrected chi connectivity index (χ0v) is 18.6. The highest BCUT2D eigenvalue weighted by atomic mass is 32.2. The minimum absolute atomic E-state index is 0.0271. The molecule has 0 aliphatic rings. The average Bonchev–Trinajstić information content (AvgIpc) is 2.70. The van der Waals surface area contributed by atoms with Gasteiger partial charge in [0.1, 0.15) is 0 Å². The first-order valence-electron chi connectivity index (χ1n) is 9.44. The van der Waals surface area contributed by atoms with Gasteiger partial charge in [-0.2, -0.15) is 13.2 Å². The van der Waals surface area contributed by atoms with Crippen molar-refractivity contribution in [1.29, 1.82) is 0 Å². The normalized spacial score (nSPS) is 13.6. The van der Waals surface area contributed by atoms with E-state index in [0.717, 1.165) is 16.4 Å². The molecule has 10 heteroatoms. The van der Waals surface area contributed by atoms with E-state index < -0.39 is 21.8 Å². The van der Waals surface area contributed by atoms with Crippen molar-refractivity contribution < 1.29 is 26.4 Å². The van der Waals surface area contributed by atoms with Crippen molar-refractivity contribution in [2.45, 2.75) is 17.1 Å². The number of carbonyl (C=O) groups is 1. The molecule has 0 saturated heterocycles. The van der Waals surface area contributed by atoms with Crippen LogP contribution in [0.1, 0.15) is 27.5 Å². The van der Waals surface area contributed by atoms with Crippen LogP contribution in [0.3, 0.4) is 0 Å². The molecule has 31 heavy (non-hydrogen) atoms. The third-order valence-corrected chi connectivity index (χ3v) is 6.62. The fourth-order valence-corrected chi connectivity index (χ4v) is 3.91. The number of likely N-dealkylation sites (N-methyl/N-ethyl adjacent to an activating group) is 1. The summed E-state index contributed by atoms with van der Waals surface area (Å²) in [5, 5.41) is 3.02. The van der Waals surface area contributed by atoms with E-state index in [2.05, 4.69) is 5.32 Å². The van der Waals surface area contributed by atoms with Gasteiger partial charge in [-0.3, -0.25) is 4.79 Å². The van der Waals surface area contributed by atoms with Gasteiger partial charge in [-0.1, -0.05) is 24.3 Å². The van der Waals surface area contributed by atoms with Crippen LogP contribution in [0, 0.1) is 0 Å². The van der Waals surface area contributed by atoms with Crippen LogP contribution in [0.5, 0.6) is 0 Å². The summed E-state index contributed by atoms with van der Waals surface area (Å²) in [6.45, 7) is 0.274. The summed E-state index contributed by atoms with van der Waals surface area (Å²) in [6, 6.07) is 10.5. The molecule has 0 saturated carbocycles. The molecule has 0 bridgehead atoms. The number of ketones is 1. The van der Waals surface area contributed by atoms with Crippen molar-refractivity contribution in [2.24, 2.45) is 0 Å². The molecule has 1 atom stereocenters. The van der Waals surface area contributed by atoms with Crippen LogP contribution in [-0.2, 0) is 16.2 Å². The lowest BCUT2D eigenvalue weighted by Crippen LogP contribution is -2.34. The minimum atomic E-state index is -4.40. The molecular formula is C21H26F3N3O3S. The monoisotopic (exact) mass is 457 g/mol. The maximum absolute atomic E-state index is 12.8. The number of benzene rings is 2. The molecule has 6 nitrogen and oxygen atoms in total. The zero-order chi connectivity index (χ0) is 23.4. The summed E-state index contributed by atoms with van der Waals surface area (Å²) in [5.41, 5.74) is 0.216. The fourth-order valence-electron chi connectivity index (χ4n) is 2.96. The molecule has 0 aliphatic carbocycles. The van der Waals surface area contributed by atoms with Crippen LogP contribution in [0.2, 0.25) is 0 Å². The number of halogens is 3. The van der Waals surface area contributed by atoms with E-state index in [1.54, 1.807) is 14.1 Å². The maximum Gasteiger partial charge on any atom is 0.416 e. The quantitative estimate of drug-likeness (QED) is 0.587. The molecule has 0 heterocycles. The Morgan fingerprint density at radius 3 is 2.16 bits per heavy atom. The van der Waals surface area contributed by atoms with Crippen LogP contribution >= 0.6 is 0 Å². The van der Waals surface area contributed by atoms with E-state index in [0.29, 0.717) is 12.1 Å². The van der Waals surface area contributed by atoms with Gasteiger partial charge in [0.25, 0.3) is 0 Å². The largest absolute Gasteiger partial charge is 0.416 e. The number of nitrogens with one attached hydrogen (secondary N) is 1. The van der Waals surface area contributed by atoms with Crippen molar-refractivity contribution in [3.05, 3.63) is 65.2 Å². The Morgan fingerprint density at radius 1 is 1.03 bits per heavy atom. The topological polar surface area (TPSA) is 69.7 Å². The first-order valence-corrected chi connectivity index (χ1v) is 10.9. The second-order valence-electron chi connectivity index (χ2n) is 7.47. The molecular weight excluding hydrogens is 431 g/mol. The van der Waals surface area contributed by atoms with Crippen molar-refractivity contribution in [3.63, 3.8) is 0 Å². The highest BCUT2D eigenvalue weighted by Gasteiger charge is 2.30. The van der Waals surface area contributed by atoms with Gasteiger partial charge in [0, 0.05) is 32.2 Å². The predicted octanol–water partition coefficient (Wildman–Crippen LogP) is 3.03. The molecule has 0 aliphatic heterocycles. The Labute approximate surface area is 180 Å². The van der Waals surface area contributed by atoms with Crippen LogP contribution in [0.4, 0.5) is 13.2 Å². The van der Waals surface area contributed by atoms with Crippen molar-refractivity contribution >= 4 is 15.8 Å². The van der Waals surface area contributed by atoms with Crippen LogP contribution in [0.25, 0.3) is 0 Å². The Bertz CT molecular complexity index is 1000. The van der Waals surface area contributed by atoms with Gasteiger partial charge >= 0.3 is 6.18 Å². The number of alkyl halides is 3. The van der Waals surface area contributed by atoms with Gasteiger partial charge in [-0.25, -0.2) is 12.7 Å². The number of rotatable bonds is 9. The second-order valence-corrected chi connectivity index (χ2v) is 9.62. The summed E-state index contributed by atoms with van der Waals surface area (Å²) >= 11 is 0. The fraction of sp³-hybridized carbons (Fsp3) is 0.381. The van der Waals surface area contributed by atoms with E-state index in [4.69, 9.17) is 0 Å². The lowest BCUT2D eigenvalue weighted by atomic mass is 10.0. The molecule has 1 N–H and O–H groups in total. The third kappa shape index (κ3) is 6.36. The zero-order valence-electron chi connectivity index (χ0n) is 17.8. The van der Waals surface area contributed by atoms with Crippen molar-refractivity contribution in [3.8, 4) is 0 Å². The van der Waals surface area contributed by atoms with Gasteiger partial charge in [-0.05, 0) is 43.9 Å². The number of carbonyl (C=O) groups excluding carboxylic acids is 1. The van der Waals surface area contributed by atoms with Crippen molar-refractivity contribution in [1.82, 2.24) is 14.5 Å². The van der Waals surface area contributed by atoms with E-state index >= 15 is 0 Å². The molecule has 0 aromatic heterocycles. The molecule has 0 spiro atoms. The number of hydrogen-bond donors (Lipinski definition) is 1. The number of sulfonamides is 1. The minimum Gasteiger partial charge on any atom is -0.308 e. The molecule has 2 aromatic rings. The van der Waals surface area contributed by atoms with E-state index in [-0.39, 0.29) is 28.8 Å². The Kier molecular flexibility index (Phi) is 7.98. The van der Waals surface area contributed by atoms with Gasteiger partial charge in [-0.15, -0.1) is 0 Å². The lowest BCUT2D eigenvalue weighted by Gasteiger charge is -2.25. The standard InChI is InChI=1S/C21H26F3N3O3S/c1-26(2)19(15-8-10-17(11-9-15)21(22,23)24)13-25-14-20(28)16-6-5-7-18(12-16)31(29,30)27(3)4/h5-12,19,25H,13-14H2,1-4H3. The Balaban J connectivity index is 2.06. The van der Waals surface area contributed by atoms with Gasteiger partial charge in [0.05, 0.1) is 17.0 Å². The number of hydrogen-bond acceptors (Lipinski definition) is 5. The molecule has 170 valence electrons. The molecule has 0 amide bonds. The SMILES string of the molecule is CN(C)C(CNCC(=O)c1cccc(S(=O)(=O)N(C)C)c1)c1ccc(C(F)(F)F)cc1. The molecule has 2 rings (SSSR count). The molecule has 1 unspecified atom stereocenters. The molecule has 0 radical (unpaired) electrons. The first-order chi connectivity index (χ1) is 14.3. The smallest absolute Gasteiger partial charge is 0.308 e. The second kappa shape index (κ2) is 9.90. The van der Waals surface area contributed by atoms with Gasteiger partial charge in [0.2, 0.25) is 10.0 Å². The highest BCUT2D eigenvalue weighted by molar-refractivity contribution is 7.89. The average molecular weight is 458 g/mol. The summed E-state index contributed by atoms with van der Waals surface area (Å²) < 4.78 is 63.9.